The first kappa shape index (κ1) is 28.4. The van der Waals surface area contributed by atoms with E-state index in [-0.39, 0.29) is 63.5 Å². The van der Waals surface area contributed by atoms with Gasteiger partial charge in [-0.3, -0.25) is 9.59 Å². The van der Waals surface area contributed by atoms with Crippen molar-refractivity contribution >= 4 is 11.8 Å². The molecule has 1 radical (unpaired) electrons. The number of rotatable bonds is 5. The SMILES string of the molecule is CC(=O)O[C@H](C1C[C@H](O)C(C)=CC1(C)C)[C@@H]1[C@]2(O)CO[C@@H]2C[C@H](O)[C@@]1(C)C(=O)[C@@H](C)O.[Ac]. The van der Waals surface area contributed by atoms with Crippen molar-refractivity contribution in [3.8, 4) is 0 Å². The van der Waals surface area contributed by atoms with Crippen molar-refractivity contribution in [2.45, 2.75) is 90.5 Å². The second-order valence-electron chi connectivity index (χ2n) is 10.5. The van der Waals surface area contributed by atoms with Crippen LogP contribution in [0, 0.1) is 66.7 Å². The summed E-state index contributed by atoms with van der Waals surface area (Å²) in [7, 11) is 0. The molecule has 0 aromatic heterocycles. The average molecular weight is 668 g/mol. The molecule has 0 aromatic rings. The maximum absolute atomic E-state index is 13.2. The van der Waals surface area contributed by atoms with Crippen molar-refractivity contribution in [3.05, 3.63) is 11.6 Å². The molecule has 1 aliphatic heterocycles. The summed E-state index contributed by atoms with van der Waals surface area (Å²) in [5, 5.41) is 43.4. The minimum Gasteiger partial charge on any atom is -0.462 e. The Morgan fingerprint density at radius 2 is 1.81 bits per heavy atom. The third-order valence-electron chi connectivity index (χ3n) is 7.88. The molecule has 1 saturated heterocycles. The number of Topliss-reactive ketones (excluding diaryl/α,β-unsaturated/α-hetero) is 1. The van der Waals surface area contributed by atoms with Crippen molar-refractivity contribution in [2.24, 2.45) is 22.7 Å². The molecule has 3 rings (SSSR count). The van der Waals surface area contributed by atoms with Crippen LogP contribution in [0.1, 0.15) is 54.4 Å². The fraction of sp³-hybridized carbons (Fsp3) is 0.826. The molecule has 3 aliphatic rings. The molecule has 0 bridgehead atoms. The summed E-state index contributed by atoms with van der Waals surface area (Å²) in [4.78, 5) is 25.4. The van der Waals surface area contributed by atoms with E-state index in [1.54, 1.807) is 0 Å². The summed E-state index contributed by atoms with van der Waals surface area (Å²) in [6.07, 6.45) is -2.84. The average Bonchev–Trinajstić information content (AvgIpc) is 2.64. The zero-order chi connectivity index (χ0) is 23.5. The van der Waals surface area contributed by atoms with Gasteiger partial charge < -0.3 is 29.9 Å². The predicted molar refractivity (Wildman–Crippen MR) is 111 cm³/mol. The van der Waals surface area contributed by atoms with Crippen LogP contribution >= 0.6 is 0 Å². The van der Waals surface area contributed by atoms with E-state index >= 15 is 0 Å². The normalized spacial score (nSPS) is 42.3. The molecule has 0 aromatic carbocycles. The van der Waals surface area contributed by atoms with Crippen molar-refractivity contribution in [1.82, 2.24) is 0 Å². The van der Waals surface area contributed by atoms with Gasteiger partial charge in [0.1, 0.15) is 17.8 Å². The molecule has 2 fully saturated rings. The van der Waals surface area contributed by atoms with Gasteiger partial charge in [0.25, 0.3) is 0 Å². The number of carbonyl (C=O) groups is 2. The molecule has 1 unspecified atom stereocenters. The van der Waals surface area contributed by atoms with Crippen molar-refractivity contribution in [3.63, 3.8) is 0 Å². The third kappa shape index (κ3) is 4.53. The summed E-state index contributed by atoms with van der Waals surface area (Å²) in [6.45, 7) is 9.77. The summed E-state index contributed by atoms with van der Waals surface area (Å²) < 4.78 is 11.3. The van der Waals surface area contributed by atoms with Crippen LogP contribution in [-0.2, 0) is 19.1 Å². The first-order valence-electron chi connectivity index (χ1n) is 10.9. The Morgan fingerprint density at radius 3 is 2.28 bits per heavy atom. The molecule has 1 saturated carbocycles. The Morgan fingerprint density at radius 1 is 1.22 bits per heavy atom. The fourth-order valence-corrected chi connectivity index (χ4v) is 6.15. The smallest absolute Gasteiger partial charge is 0.302 e. The number of ketones is 1. The van der Waals surface area contributed by atoms with Gasteiger partial charge in [-0.25, -0.2) is 0 Å². The van der Waals surface area contributed by atoms with Gasteiger partial charge in [0, 0.05) is 69.2 Å². The first-order valence-corrected chi connectivity index (χ1v) is 10.9. The Labute approximate surface area is 225 Å². The molecular weight excluding hydrogens is 631 g/mol. The summed E-state index contributed by atoms with van der Waals surface area (Å²) in [6, 6.07) is 0. The van der Waals surface area contributed by atoms with E-state index in [9.17, 15) is 30.0 Å². The summed E-state index contributed by atoms with van der Waals surface area (Å²) in [5.41, 5.74) is -2.83. The van der Waals surface area contributed by atoms with E-state index in [0.29, 0.717) is 0 Å². The Bertz CT molecular complexity index is 780. The van der Waals surface area contributed by atoms with Crippen LogP contribution in [0.4, 0.5) is 0 Å². The number of allylic oxidation sites excluding steroid dienone is 1. The van der Waals surface area contributed by atoms with Crippen LogP contribution in [0.15, 0.2) is 11.6 Å². The number of aliphatic hydroxyl groups is 4. The second kappa shape index (κ2) is 9.64. The number of hydrogen-bond acceptors (Lipinski definition) is 8. The van der Waals surface area contributed by atoms with E-state index in [4.69, 9.17) is 9.47 Å². The molecule has 2 aliphatic carbocycles. The Balaban J connectivity index is 0.00000363. The van der Waals surface area contributed by atoms with Crippen molar-refractivity contribution in [2.75, 3.05) is 6.61 Å². The quantitative estimate of drug-likeness (QED) is 0.250. The van der Waals surface area contributed by atoms with E-state index in [0.717, 1.165) is 5.57 Å². The maximum atomic E-state index is 13.2. The minimum absolute atomic E-state index is 0. The number of ether oxygens (including phenoxy) is 2. The van der Waals surface area contributed by atoms with Gasteiger partial charge in [0.2, 0.25) is 0 Å². The van der Waals surface area contributed by atoms with Crippen LogP contribution in [0.3, 0.4) is 0 Å². The monoisotopic (exact) mass is 667 g/mol. The molecule has 0 spiro atoms. The van der Waals surface area contributed by atoms with Crippen LogP contribution in [-0.4, -0.2) is 74.9 Å². The molecule has 179 valence electrons. The van der Waals surface area contributed by atoms with Gasteiger partial charge in [-0.05, 0) is 38.2 Å². The number of fused-ring (bicyclic) bond motifs is 1. The van der Waals surface area contributed by atoms with Gasteiger partial charge in [-0.2, -0.15) is 0 Å². The first-order chi connectivity index (χ1) is 14.2. The van der Waals surface area contributed by atoms with Gasteiger partial charge >= 0.3 is 5.97 Å². The molecule has 9 heteroatoms. The summed E-state index contributed by atoms with van der Waals surface area (Å²) in [5.74, 6) is -2.69. The second-order valence-corrected chi connectivity index (χ2v) is 10.5. The molecule has 1 heterocycles. The van der Waals surface area contributed by atoms with Crippen molar-refractivity contribution < 1.29 is 83.6 Å². The Hall–Kier alpha value is 0.122. The standard InChI is InChI=1S/C23H36O8.Ac/c1-11-9-21(4,5)14(7-15(11)26)18(31-13(3)25)19-22(6,20(28)12(2)24)16(27)8-17-23(19,29)10-30-17;/h9,12,14-19,24,26-27,29H,7-8,10H2,1-6H3;/t12-,14?,15+,16+,17-,18-,19+,22-,23+;/m1./s1. The largest absolute Gasteiger partial charge is 0.462 e. The zero-order valence-corrected chi connectivity index (χ0v) is 24.5. The van der Waals surface area contributed by atoms with Crippen LogP contribution < -0.4 is 0 Å². The van der Waals surface area contributed by atoms with Crippen LogP contribution in [0.5, 0.6) is 0 Å². The van der Waals surface area contributed by atoms with E-state index in [1.165, 1.54) is 20.8 Å². The predicted octanol–water partition coefficient (Wildman–Crippen LogP) is 0.738. The van der Waals surface area contributed by atoms with E-state index < -0.39 is 70.5 Å². The van der Waals surface area contributed by atoms with E-state index in [1.807, 2.05) is 26.8 Å². The molecule has 32 heavy (non-hydrogen) atoms. The minimum atomic E-state index is -1.58. The molecule has 4 N–H and O–H groups in total. The fourth-order valence-electron chi connectivity index (χ4n) is 6.15. The van der Waals surface area contributed by atoms with Crippen LogP contribution in [0.2, 0.25) is 0 Å². The van der Waals surface area contributed by atoms with Gasteiger partial charge in [-0.1, -0.05) is 19.9 Å². The molecular formula is C23H36AcO8. The number of aliphatic hydroxyl groups excluding tert-OH is 3. The number of hydrogen-bond donors (Lipinski definition) is 4. The topological polar surface area (TPSA) is 134 Å². The molecule has 8 nitrogen and oxygen atoms in total. The third-order valence-corrected chi connectivity index (χ3v) is 7.88. The number of esters is 1. The summed E-state index contributed by atoms with van der Waals surface area (Å²) >= 11 is 0. The van der Waals surface area contributed by atoms with Gasteiger partial charge in [-0.15, -0.1) is 0 Å². The van der Waals surface area contributed by atoms with E-state index in [2.05, 4.69) is 0 Å². The zero-order valence-electron chi connectivity index (χ0n) is 19.7. The van der Waals surface area contributed by atoms with Gasteiger partial charge in [0.15, 0.2) is 5.78 Å². The molecule has 9 atom stereocenters. The number of carbonyl (C=O) groups excluding carboxylic acids is 2. The Kier molecular flexibility index (Phi) is 8.54. The van der Waals surface area contributed by atoms with Crippen LogP contribution in [0.25, 0.3) is 0 Å². The maximum Gasteiger partial charge on any atom is 0.302 e. The molecule has 0 amide bonds. The van der Waals surface area contributed by atoms with Crippen molar-refractivity contribution in [1.29, 1.82) is 0 Å². The van der Waals surface area contributed by atoms with Gasteiger partial charge in [0.05, 0.1) is 30.3 Å².